The maximum absolute atomic E-state index is 13.1. The maximum atomic E-state index is 13.1. The van der Waals surface area contributed by atoms with Gasteiger partial charge in [0.2, 0.25) is 5.91 Å². The Hall–Kier alpha value is -1.85. The Morgan fingerprint density at radius 1 is 1.12 bits per heavy atom. The van der Waals surface area contributed by atoms with Crippen LogP contribution in [0, 0.1) is 11.7 Å². The molecular weight excluding hydrogens is 347 g/mol. The van der Waals surface area contributed by atoms with Crippen molar-refractivity contribution < 1.29 is 9.18 Å². The average molecular weight is 375 g/mol. The van der Waals surface area contributed by atoms with E-state index in [4.69, 9.17) is 0 Å². The van der Waals surface area contributed by atoms with Crippen molar-refractivity contribution in [1.82, 2.24) is 10.2 Å². The fourth-order valence-corrected chi connectivity index (χ4v) is 3.28. The van der Waals surface area contributed by atoms with Crippen LogP contribution in [0.1, 0.15) is 31.0 Å². The molecule has 1 atom stereocenters. The summed E-state index contributed by atoms with van der Waals surface area (Å²) in [5, 5.41) is 3.08. The Morgan fingerprint density at radius 2 is 1.73 bits per heavy atom. The molecule has 0 bridgehead atoms. The van der Waals surface area contributed by atoms with E-state index in [9.17, 15) is 9.18 Å². The highest BCUT2D eigenvalue weighted by molar-refractivity contribution is 7.98. The number of hydrogen-bond acceptors (Lipinski definition) is 3. The molecule has 1 N–H and O–H groups in total. The van der Waals surface area contributed by atoms with Crippen LogP contribution >= 0.6 is 11.8 Å². The first kappa shape index (κ1) is 20.5. The van der Waals surface area contributed by atoms with Gasteiger partial charge in [-0.3, -0.25) is 9.69 Å². The van der Waals surface area contributed by atoms with Crippen molar-refractivity contribution in [3.63, 3.8) is 0 Å². The SMILES string of the molecule is CSc1ccc(CN(C)CC(=O)N[C@H](c2ccc(F)cc2)C(C)C)cc1. The number of likely N-dealkylation sites (N-methyl/N-ethyl adjacent to an activating group) is 1. The molecule has 0 fully saturated rings. The molecule has 0 spiro atoms. The number of hydrogen-bond donors (Lipinski definition) is 1. The number of carbonyl (C=O) groups is 1. The zero-order valence-electron chi connectivity index (χ0n) is 15.8. The molecule has 0 saturated carbocycles. The van der Waals surface area contributed by atoms with Crippen LogP contribution in [0.4, 0.5) is 4.39 Å². The summed E-state index contributed by atoms with van der Waals surface area (Å²) < 4.78 is 13.1. The predicted molar refractivity (Wildman–Crippen MR) is 107 cm³/mol. The zero-order chi connectivity index (χ0) is 19.1. The predicted octanol–water partition coefficient (Wildman–Crippen LogP) is 4.49. The normalized spacial score (nSPS) is 12.4. The molecule has 0 aliphatic carbocycles. The van der Waals surface area contributed by atoms with Crippen molar-refractivity contribution in [2.75, 3.05) is 19.8 Å². The molecule has 1 amide bonds. The fraction of sp³-hybridized carbons (Fsp3) is 0.381. The van der Waals surface area contributed by atoms with Gasteiger partial charge in [0.05, 0.1) is 12.6 Å². The molecular formula is C21H27FN2OS. The van der Waals surface area contributed by atoms with Crippen LogP contribution in [0.5, 0.6) is 0 Å². The Labute approximate surface area is 160 Å². The lowest BCUT2D eigenvalue weighted by Gasteiger charge is -2.25. The van der Waals surface area contributed by atoms with E-state index in [-0.39, 0.29) is 23.7 Å². The molecule has 5 heteroatoms. The molecule has 3 nitrogen and oxygen atoms in total. The number of halogens is 1. The Bertz CT molecular complexity index is 701. The van der Waals surface area contributed by atoms with Crippen molar-refractivity contribution >= 4 is 17.7 Å². The number of rotatable bonds is 8. The van der Waals surface area contributed by atoms with Crippen molar-refractivity contribution in [1.29, 1.82) is 0 Å². The van der Waals surface area contributed by atoms with Gasteiger partial charge < -0.3 is 5.32 Å². The van der Waals surface area contributed by atoms with Crippen LogP contribution in [0.3, 0.4) is 0 Å². The third-order valence-electron chi connectivity index (χ3n) is 4.24. The van der Waals surface area contributed by atoms with Crippen LogP contribution in [-0.2, 0) is 11.3 Å². The monoisotopic (exact) mass is 374 g/mol. The van der Waals surface area contributed by atoms with Gasteiger partial charge in [-0.15, -0.1) is 11.8 Å². The average Bonchev–Trinajstić information content (AvgIpc) is 2.61. The minimum Gasteiger partial charge on any atom is -0.348 e. The van der Waals surface area contributed by atoms with E-state index < -0.39 is 0 Å². The standard InChI is InChI=1S/C21H27FN2OS/c1-15(2)21(17-7-9-18(22)10-8-17)23-20(25)14-24(3)13-16-5-11-19(26-4)12-6-16/h5-12,15,21H,13-14H2,1-4H3,(H,23,25)/t21-/m0/s1. The van der Waals surface area contributed by atoms with Crippen molar-refractivity contribution in [3.8, 4) is 0 Å². The number of nitrogens with one attached hydrogen (secondary N) is 1. The summed E-state index contributed by atoms with van der Waals surface area (Å²) in [4.78, 5) is 15.7. The first-order chi connectivity index (χ1) is 12.4. The summed E-state index contributed by atoms with van der Waals surface area (Å²) in [6.45, 7) is 5.12. The maximum Gasteiger partial charge on any atom is 0.234 e. The second kappa shape index (κ2) is 9.74. The van der Waals surface area contributed by atoms with Crippen LogP contribution in [0.15, 0.2) is 53.4 Å². The van der Waals surface area contributed by atoms with E-state index >= 15 is 0 Å². The molecule has 0 aromatic heterocycles. The smallest absolute Gasteiger partial charge is 0.234 e. The number of nitrogens with zero attached hydrogens (tertiary/aromatic N) is 1. The largest absolute Gasteiger partial charge is 0.348 e. The molecule has 26 heavy (non-hydrogen) atoms. The molecule has 0 aliphatic rings. The van der Waals surface area contributed by atoms with Gasteiger partial charge >= 0.3 is 0 Å². The Balaban J connectivity index is 1.93. The van der Waals surface area contributed by atoms with Crippen molar-refractivity contribution in [2.45, 2.75) is 31.3 Å². The molecule has 2 aromatic rings. The number of thioether (sulfide) groups is 1. The van der Waals surface area contributed by atoms with E-state index in [0.29, 0.717) is 13.1 Å². The Kier molecular flexibility index (Phi) is 7.66. The van der Waals surface area contributed by atoms with Crippen molar-refractivity contribution in [2.24, 2.45) is 5.92 Å². The second-order valence-corrected chi connectivity index (χ2v) is 7.74. The van der Waals surface area contributed by atoms with Gasteiger partial charge in [-0.2, -0.15) is 0 Å². The number of amides is 1. The van der Waals surface area contributed by atoms with E-state index in [1.54, 1.807) is 23.9 Å². The minimum absolute atomic E-state index is 0.0312. The van der Waals surface area contributed by atoms with E-state index in [1.165, 1.54) is 22.6 Å². The van der Waals surface area contributed by atoms with Gasteiger partial charge in [-0.25, -0.2) is 4.39 Å². The van der Waals surface area contributed by atoms with Crippen LogP contribution in [0.2, 0.25) is 0 Å². The lowest BCUT2D eigenvalue weighted by molar-refractivity contribution is -0.123. The molecule has 2 aromatic carbocycles. The lowest BCUT2D eigenvalue weighted by atomic mass is 9.96. The van der Waals surface area contributed by atoms with Gasteiger partial charge in [0.1, 0.15) is 5.82 Å². The highest BCUT2D eigenvalue weighted by Crippen LogP contribution is 2.22. The summed E-state index contributed by atoms with van der Waals surface area (Å²) in [6.07, 6.45) is 2.05. The molecule has 0 saturated heterocycles. The molecule has 140 valence electrons. The molecule has 0 heterocycles. The van der Waals surface area contributed by atoms with Gasteiger partial charge in [-0.1, -0.05) is 38.1 Å². The first-order valence-electron chi connectivity index (χ1n) is 8.75. The van der Waals surface area contributed by atoms with Gasteiger partial charge in [0, 0.05) is 11.4 Å². The quantitative estimate of drug-likeness (QED) is 0.691. The summed E-state index contributed by atoms with van der Waals surface area (Å²) in [6, 6.07) is 14.6. The fourth-order valence-electron chi connectivity index (χ4n) is 2.87. The van der Waals surface area contributed by atoms with E-state index in [2.05, 4.69) is 35.8 Å². The van der Waals surface area contributed by atoms with E-state index in [0.717, 1.165) is 5.56 Å². The van der Waals surface area contributed by atoms with Crippen LogP contribution in [-0.4, -0.2) is 30.7 Å². The summed E-state index contributed by atoms with van der Waals surface area (Å²) >= 11 is 1.71. The van der Waals surface area contributed by atoms with Gasteiger partial charge in [0.25, 0.3) is 0 Å². The minimum atomic E-state index is -0.269. The highest BCUT2D eigenvalue weighted by atomic mass is 32.2. The molecule has 0 unspecified atom stereocenters. The van der Waals surface area contributed by atoms with E-state index in [1.807, 2.05) is 25.8 Å². The summed E-state index contributed by atoms with van der Waals surface area (Å²) in [5.74, 6) is -0.0835. The second-order valence-electron chi connectivity index (χ2n) is 6.86. The zero-order valence-corrected chi connectivity index (χ0v) is 16.6. The third-order valence-corrected chi connectivity index (χ3v) is 4.98. The molecule has 0 radical (unpaired) electrons. The molecule has 2 rings (SSSR count). The van der Waals surface area contributed by atoms with Gasteiger partial charge in [0.15, 0.2) is 0 Å². The first-order valence-corrected chi connectivity index (χ1v) is 9.98. The molecule has 0 aliphatic heterocycles. The van der Waals surface area contributed by atoms with Gasteiger partial charge in [-0.05, 0) is 54.6 Å². The van der Waals surface area contributed by atoms with Crippen molar-refractivity contribution in [3.05, 3.63) is 65.5 Å². The van der Waals surface area contributed by atoms with Crippen LogP contribution in [0.25, 0.3) is 0 Å². The van der Waals surface area contributed by atoms with Crippen LogP contribution < -0.4 is 5.32 Å². The number of benzene rings is 2. The summed E-state index contributed by atoms with van der Waals surface area (Å²) in [5.41, 5.74) is 2.10. The topological polar surface area (TPSA) is 32.3 Å². The lowest BCUT2D eigenvalue weighted by Crippen LogP contribution is -2.38. The number of carbonyl (C=O) groups excluding carboxylic acids is 1. The third kappa shape index (κ3) is 6.15. The Morgan fingerprint density at radius 3 is 2.27 bits per heavy atom. The highest BCUT2D eigenvalue weighted by Gasteiger charge is 2.19. The summed E-state index contributed by atoms with van der Waals surface area (Å²) in [7, 11) is 1.93.